The van der Waals surface area contributed by atoms with Crippen LogP contribution in [-0.2, 0) is 13.0 Å². The summed E-state index contributed by atoms with van der Waals surface area (Å²) in [5.41, 5.74) is 2.14. The van der Waals surface area contributed by atoms with Crippen LogP contribution >= 0.6 is 0 Å². The van der Waals surface area contributed by atoms with Gasteiger partial charge in [-0.1, -0.05) is 42.5 Å². The Kier molecular flexibility index (Phi) is 5.21. The minimum atomic E-state index is -0.176. The first kappa shape index (κ1) is 14.9. The molecule has 3 N–H and O–H groups in total. The van der Waals surface area contributed by atoms with Crippen molar-refractivity contribution < 1.29 is 9.90 Å². The summed E-state index contributed by atoms with van der Waals surface area (Å²) >= 11 is 0. The average Bonchev–Trinajstić information content (AvgIpc) is 2.48. The van der Waals surface area contributed by atoms with Crippen LogP contribution in [0, 0.1) is 0 Å². The highest BCUT2D eigenvalue weighted by atomic mass is 16.3. The lowest BCUT2D eigenvalue weighted by Crippen LogP contribution is -2.41. The molecule has 2 aromatic rings. The molecule has 110 valence electrons. The maximum atomic E-state index is 11.8. The van der Waals surface area contributed by atoms with Gasteiger partial charge < -0.3 is 15.7 Å². The molecule has 0 radical (unpaired) electrons. The number of aromatic hydroxyl groups is 1. The van der Waals surface area contributed by atoms with Crippen LogP contribution in [0.2, 0.25) is 0 Å². The van der Waals surface area contributed by atoms with Crippen LogP contribution in [0.15, 0.2) is 54.6 Å². The van der Waals surface area contributed by atoms with Gasteiger partial charge in [0, 0.05) is 12.6 Å². The van der Waals surface area contributed by atoms with E-state index in [9.17, 15) is 9.90 Å². The number of hydrogen-bond donors (Lipinski definition) is 3. The standard InChI is InChI=1S/C17H20N2O2/c1-13(11-14-7-9-16(20)10-8-14)19-17(21)18-12-15-5-3-2-4-6-15/h2-10,13,20H,11-12H2,1H3,(H2,18,19,21). The second-order valence-electron chi connectivity index (χ2n) is 5.08. The maximum absolute atomic E-state index is 11.8. The van der Waals surface area contributed by atoms with Gasteiger partial charge in [0.2, 0.25) is 0 Å². The van der Waals surface area contributed by atoms with Gasteiger partial charge in [0.05, 0.1) is 0 Å². The largest absolute Gasteiger partial charge is 0.508 e. The molecule has 4 heteroatoms. The molecule has 0 aliphatic heterocycles. The van der Waals surface area contributed by atoms with Crippen molar-refractivity contribution in [3.8, 4) is 5.75 Å². The summed E-state index contributed by atoms with van der Waals surface area (Å²) in [6.45, 7) is 2.47. The monoisotopic (exact) mass is 284 g/mol. The van der Waals surface area contributed by atoms with Gasteiger partial charge in [-0.25, -0.2) is 4.79 Å². The Labute approximate surface area is 124 Å². The van der Waals surface area contributed by atoms with Crippen molar-refractivity contribution in [3.63, 3.8) is 0 Å². The zero-order chi connectivity index (χ0) is 15.1. The number of hydrogen-bond acceptors (Lipinski definition) is 2. The van der Waals surface area contributed by atoms with E-state index in [-0.39, 0.29) is 17.8 Å². The highest BCUT2D eigenvalue weighted by Gasteiger charge is 2.07. The Morgan fingerprint density at radius 2 is 1.71 bits per heavy atom. The number of nitrogens with one attached hydrogen (secondary N) is 2. The Morgan fingerprint density at radius 3 is 2.38 bits per heavy atom. The lowest BCUT2D eigenvalue weighted by atomic mass is 10.1. The van der Waals surface area contributed by atoms with Crippen molar-refractivity contribution >= 4 is 6.03 Å². The van der Waals surface area contributed by atoms with Crippen LogP contribution in [0.25, 0.3) is 0 Å². The highest BCUT2D eigenvalue weighted by Crippen LogP contribution is 2.11. The summed E-state index contributed by atoms with van der Waals surface area (Å²) in [7, 11) is 0. The molecule has 2 rings (SSSR count). The van der Waals surface area contributed by atoms with E-state index in [0.717, 1.165) is 17.5 Å². The topological polar surface area (TPSA) is 61.4 Å². The molecule has 4 nitrogen and oxygen atoms in total. The van der Waals surface area contributed by atoms with Crippen LogP contribution in [-0.4, -0.2) is 17.2 Å². The predicted octanol–water partition coefficient (Wildman–Crippen LogP) is 2.82. The van der Waals surface area contributed by atoms with Crippen LogP contribution in [0.1, 0.15) is 18.1 Å². The van der Waals surface area contributed by atoms with Crippen molar-refractivity contribution in [3.05, 3.63) is 65.7 Å². The minimum Gasteiger partial charge on any atom is -0.508 e. The van der Waals surface area contributed by atoms with E-state index in [1.807, 2.05) is 49.4 Å². The smallest absolute Gasteiger partial charge is 0.315 e. The van der Waals surface area contributed by atoms with Gasteiger partial charge in [0.25, 0.3) is 0 Å². The molecule has 21 heavy (non-hydrogen) atoms. The van der Waals surface area contributed by atoms with E-state index in [1.165, 1.54) is 0 Å². The molecule has 0 saturated carbocycles. The Bertz CT molecular complexity index is 567. The Hall–Kier alpha value is -2.49. The van der Waals surface area contributed by atoms with E-state index >= 15 is 0 Å². The Morgan fingerprint density at radius 1 is 1.05 bits per heavy atom. The predicted molar refractivity (Wildman–Crippen MR) is 83.1 cm³/mol. The van der Waals surface area contributed by atoms with E-state index < -0.39 is 0 Å². The first-order chi connectivity index (χ1) is 10.1. The van der Waals surface area contributed by atoms with Crippen molar-refractivity contribution in [2.45, 2.75) is 25.9 Å². The normalized spacial score (nSPS) is 11.7. The van der Waals surface area contributed by atoms with Gasteiger partial charge in [0.1, 0.15) is 5.75 Å². The fourth-order valence-electron chi connectivity index (χ4n) is 2.09. The zero-order valence-corrected chi connectivity index (χ0v) is 12.0. The molecular weight excluding hydrogens is 264 g/mol. The number of rotatable bonds is 5. The molecule has 1 atom stereocenters. The summed E-state index contributed by atoms with van der Waals surface area (Å²) < 4.78 is 0. The molecular formula is C17H20N2O2. The molecule has 0 fully saturated rings. The van der Waals surface area contributed by atoms with Gasteiger partial charge >= 0.3 is 6.03 Å². The minimum absolute atomic E-state index is 0.0188. The van der Waals surface area contributed by atoms with Gasteiger partial charge in [-0.2, -0.15) is 0 Å². The zero-order valence-electron chi connectivity index (χ0n) is 12.0. The maximum Gasteiger partial charge on any atom is 0.315 e. The van der Waals surface area contributed by atoms with E-state index in [2.05, 4.69) is 10.6 Å². The molecule has 0 aliphatic rings. The lowest BCUT2D eigenvalue weighted by Gasteiger charge is -2.15. The van der Waals surface area contributed by atoms with Gasteiger partial charge in [-0.05, 0) is 36.6 Å². The molecule has 1 unspecified atom stereocenters. The SMILES string of the molecule is CC(Cc1ccc(O)cc1)NC(=O)NCc1ccccc1. The number of carbonyl (C=O) groups excluding carboxylic acids is 1. The first-order valence-corrected chi connectivity index (χ1v) is 6.99. The van der Waals surface area contributed by atoms with Crippen LogP contribution in [0.5, 0.6) is 5.75 Å². The van der Waals surface area contributed by atoms with Crippen molar-refractivity contribution in [1.82, 2.24) is 10.6 Å². The van der Waals surface area contributed by atoms with Crippen LogP contribution in [0.4, 0.5) is 4.79 Å². The second-order valence-corrected chi connectivity index (χ2v) is 5.08. The van der Waals surface area contributed by atoms with Crippen LogP contribution in [0.3, 0.4) is 0 Å². The third kappa shape index (κ3) is 5.18. The first-order valence-electron chi connectivity index (χ1n) is 6.99. The Balaban J connectivity index is 1.75. The summed E-state index contributed by atoms with van der Waals surface area (Å²) in [5, 5.41) is 15.0. The summed E-state index contributed by atoms with van der Waals surface area (Å²) in [6, 6.07) is 16.6. The fourth-order valence-corrected chi connectivity index (χ4v) is 2.09. The number of phenols is 1. The molecule has 0 heterocycles. The third-order valence-corrected chi connectivity index (χ3v) is 3.15. The van der Waals surface area contributed by atoms with Gasteiger partial charge in [0.15, 0.2) is 0 Å². The lowest BCUT2D eigenvalue weighted by molar-refractivity contribution is 0.237. The average molecular weight is 284 g/mol. The molecule has 0 spiro atoms. The fraction of sp³-hybridized carbons (Fsp3) is 0.235. The highest BCUT2D eigenvalue weighted by molar-refractivity contribution is 5.74. The number of urea groups is 1. The summed E-state index contributed by atoms with van der Waals surface area (Å²) in [6.07, 6.45) is 0.721. The molecule has 0 bridgehead atoms. The van der Waals surface area contributed by atoms with Crippen molar-refractivity contribution in [2.24, 2.45) is 0 Å². The molecule has 2 amide bonds. The second kappa shape index (κ2) is 7.33. The number of carbonyl (C=O) groups is 1. The van der Waals surface area contributed by atoms with Gasteiger partial charge in [-0.3, -0.25) is 0 Å². The number of benzene rings is 2. The molecule has 2 aromatic carbocycles. The van der Waals surface area contributed by atoms with Crippen molar-refractivity contribution in [2.75, 3.05) is 0 Å². The molecule has 0 saturated heterocycles. The summed E-state index contributed by atoms with van der Waals surface area (Å²) in [5.74, 6) is 0.250. The molecule has 0 aliphatic carbocycles. The summed E-state index contributed by atoms with van der Waals surface area (Å²) in [4.78, 5) is 11.8. The van der Waals surface area contributed by atoms with Crippen LogP contribution < -0.4 is 10.6 Å². The quantitative estimate of drug-likeness (QED) is 0.790. The van der Waals surface area contributed by atoms with Crippen molar-refractivity contribution in [1.29, 1.82) is 0 Å². The molecule has 0 aromatic heterocycles. The number of amides is 2. The number of phenolic OH excluding ortho intramolecular Hbond substituents is 1. The van der Waals surface area contributed by atoms with Gasteiger partial charge in [-0.15, -0.1) is 0 Å². The third-order valence-electron chi connectivity index (χ3n) is 3.15. The van der Waals surface area contributed by atoms with E-state index in [0.29, 0.717) is 6.54 Å². The van der Waals surface area contributed by atoms with E-state index in [4.69, 9.17) is 0 Å². The van der Waals surface area contributed by atoms with E-state index in [1.54, 1.807) is 12.1 Å².